The quantitative estimate of drug-likeness (QED) is 0.521. The third kappa shape index (κ3) is 4.81. The molecule has 2 aromatic heterocycles. The van der Waals surface area contributed by atoms with Crippen molar-refractivity contribution in [3.63, 3.8) is 0 Å². The van der Waals surface area contributed by atoms with Gasteiger partial charge in [-0.1, -0.05) is 6.07 Å². The second-order valence-corrected chi connectivity index (χ2v) is 8.50. The molecule has 1 aromatic carbocycles. The van der Waals surface area contributed by atoms with E-state index >= 15 is 0 Å². The van der Waals surface area contributed by atoms with Crippen LogP contribution in [0.5, 0.6) is 11.5 Å². The van der Waals surface area contributed by atoms with Crippen LogP contribution in [0.4, 0.5) is 0 Å². The van der Waals surface area contributed by atoms with Gasteiger partial charge in [0, 0.05) is 10.9 Å². The van der Waals surface area contributed by atoms with Gasteiger partial charge in [-0.25, -0.2) is 4.98 Å². The van der Waals surface area contributed by atoms with Gasteiger partial charge in [-0.2, -0.15) is 0 Å². The number of thiophene rings is 1. The van der Waals surface area contributed by atoms with Crippen molar-refractivity contribution in [1.82, 2.24) is 9.55 Å². The molecular weight excluding hydrogens is 404 g/mol. The van der Waals surface area contributed by atoms with E-state index < -0.39 is 11.6 Å². The molecule has 7 nitrogen and oxygen atoms in total. The highest BCUT2D eigenvalue weighted by atomic mass is 32.1. The first-order chi connectivity index (χ1) is 14.2. The van der Waals surface area contributed by atoms with Crippen LogP contribution in [0.2, 0.25) is 0 Å². The lowest BCUT2D eigenvalue weighted by Crippen LogP contribution is -2.30. The fraction of sp³-hybridized carbons (Fsp3) is 0.409. The Morgan fingerprint density at radius 3 is 2.50 bits per heavy atom. The van der Waals surface area contributed by atoms with Gasteiger partial charge in [-0.15, -0.1) is 11.3 Å². The molecule has 160 valence electrons. The van der Waals surface area contributed by atoms with E-state index in [0.717, 1.165) is 11.1 Å². The smallest absolute Gasteiger partial charge is 0.326 e. The van der Waals surface area contributed by atoms with Gasteiger partial charge in [-0.3, -0.25) is 14.2 Å². The second kappa shape index (κ2) is 8.87. The first kappa shape index (κ1) is 21.8. The molecule has 0 saturated carbocycles. The van der Waals surface area contributed by atoms with Crippen LogP contribution in [0.3, 0.4) is 0 Å². The number of aromatic nitrogens is 2. The Bertz CT molecular complexity index is 1110. The van der Waals surface area contributed by atoms with Gasteiger partial charge < -0.3 is 14.2 Å². The zero-order valence-electron chi connectivity index (χ0n) is 17.9. The predicted molar refractivity (Wildman–Crippen MR) is 117 cm³/mol. The maximum atomic E-state index is 12.9. The number of hydrogen-bond donors (Lipinski definition) is 0. The van der Waals surface area contributed by atoms with E-state index in [1.165, 1.54) is 22.2 Å². The SMILES string of the molecule is CCOc1ccc(-c2csc3c(=O)n(CC(=O)OC(C)(C)C)cnc23)cc1OCC. The third-order valence-corrected chi connectivity index (χ3v) is 5.08. The number of hydrogen-bond acceptors (Lipinski definition) is 7. The Balaban J connectivity index is 1.96. The average Bonchev–Trinajstić information content (AvgIpc) is 3.09. The molecular formula is C22H26N2O5S. The summed E-state index contributed by atoms with van der Waals surface area (Å²) >= 11 is 1.30. The summed E-state index contributed by atoms with van der Waals surface area (Å²) in [6.45, 7) is 10.1. The van der Waals surface area contributed by atoms with Crippen molar-refractivity contribution in [2.75, 3.05) is 13.2 Å². The van der Waals surface area contributed by atoms with Gasteiger partial charge >= 0.3 is 5.97 Å². The minimum Gasteiger partial charge on any atom is -0.490 e. The van der Waals surface area contributed by atoms with Crippen molar-refractivity contribution in [1.29, 1.82) is 0 Å². The Morgan fingerprint density at radius 1 is 1.13 bits per heavy atom. The number of benzene rings is 1. The molecule has 0 aliphatic carbocycles. The van der Waals surface area contributed by atoms with Crippen LogP contribution in [0.15, 0.2) is 34.7 Å². The lowest BCUT2D eigenvalue weighted by molar-refractivity contribution is -0.155. The van der Waals surface area contributed by atoms with Gasteiger partial charge in [-0.05, 0) is 52.3 Å². The summed E-state index contributed by atoms with van der Waals surface area (Å²) in [5, 5.41) is 1.89. The second-order valence-electron chi connectivity index (χ2n) is 7.62. The molecule has 0 aliphatic heterocycles. The maximum absolute atomic E-state index is 12.9. The summed E-state index contributed by atoms with van der Waals surface area (Å²) in [6, 6.07) is 5.67. The molecule has 30 heavy (non-hydrogen) atoms. The van der Waals surface area contributed by atoms with Crippen LogP contribution < -0.4 is 15.0 Å². The summed E-state index contributed by atoms with van der Waals surface area (Å²) in [5.41, 5.74) is 1.43. The first-order valence-electron chi connectivity index (χ1n) is 9.82. The van der Waals surface area contributed by atoms with Crippen molar-refractivity contribution < 1.29 is 19.0 Å². The first-order valence-corrected chi connectivity index (χ1v) is 10.7. The zero-order chi connectivity index (χ0) is 21.9. The van der Waals surface area contributed by atoms with Gasteiger partial charge in [0.2, 0.25) is 0 Å². The molecule has 2 heterocycles. The van der Waals surface area contributed by atoms with Crippen LogP contribution in [0.1, 0.15) is 34.6 Å². The fourth-order valence-electron chi connectivity index (χ4n) is 2.99. The van der Waals surface area contributed by atoms with Gasteiger partial charge in [0.25, 0.3) is 5.56 Å². The molecule has 0 atom stereocenters. The van der Waals surface area contributed by atoms with Gasteiger partial charge in [0.15, 0.2) is 11.5 Å². The van der Waals surface area contributed by atoms with Crippen LogP contribution in [0, 0.1) is 0 Å². The van der Waals surface area contributed by atoms with Gasteiger partial charge in [0.05, 0.1) is 25.1 Å². The summed E-state index contributed by atoms with van der Waals surface area (Å²) in [5.74, 6) is 0.847. The lowest BCUT2D eigenvalue weighted by Gasteiger charge is -2.19. The summed E-state index contributed by atoms with van der Waals surface area (Å²) in [6.07, 6.45) is 1.39. The summed E-state index contributed by atoms with van der Waals surface area (Å²) in [7, 11) is 0. The largest absolute Gasteiger partial charge is 0.490 e. The van der Waals surface area contributed by atoms with Crippen molar-refractivity contribution in [3.05, 3.63) is 40.3 Å². The van der Waals surface area contributed by atoms with E-state index in [1.807, 2.05) is 37.4 Å². The predicted octanol–water partition coefficient (Wildman–Crippen LogP) is 4.26. The monoisotopic (exact) mass is 430 g/mol. The van der Waals surface area contributed by atoms with Crippen LogP contribution in [-0.4, -0.2) is 34.3 Å². The molecule has 0 saturated heterocycles. The number of carbonyl (C=O) groups excluding carboxylic acids is 1. The standard InChI is InChI=1S/C22H26N2O5S/c1-6-27-16-9-8-14(10-17(16)28-7-2)15-12-30-20-19(15)23-13-24(21(20)26)11-18(25)29-22(3,4)5/h8-10,12-13H,6-7,11H2,1-5H3. The van der Waals surface area contributed by atoms with Crippen LogP contribution in [-0.2, 0) is 16.1 Å². The van der Waals surface area contributed by atoms with E-state index in [-0.39, 0.29) is 12.1 Å². The molecule has 3 rings (SSSR count). The average molecular weight is 431 g/mol. The molecule has 0 spiro atoms. The summed E-state index contributed by atoms with van der Waals surface area (Å²) < 4.78 is 18.4. The molecule has 0 aliphatic rings. The molecule has 3 aromatic rings. The topological polar surface area (TPSA) is 79.7 Å². The van der Waals surface area contributed by atoms with Crippen molar-refractivity contribution in [2.45, 2.75) is 46.8 Å². The molecule has 0 N–H and O–H groups in total. The van der Waals surface area contributed by atoms with Crippen LogP contribution in [0.25, 0.3) is 21.3 Å². The number of nitrogens with zero attached hydrogens (tertiary/aromatic N) is 2. The number of carbonyl (C=O) groups is 1. The number of esters is 1. The normalized spacial score (nSPS) is 11.5. The highest BCUT2D eigenvalue weighted by molar-refractivity contribution is 7.17. The number of fused-ring (bicyclic) bond motifs is 1. The fourth-order valence-corrected chi connectivity index (χ4v) is 3.97. The minimum atomic E-state index is -0.611. The Kier molecular flexibility index (Phi) is 6.45. The van der Waals surface area contributed by atoms with Crippen molar-refractivity contribution >= 4 is 27.5 Å². The van der Waals surface area contributed by atoms with E-state index in [9.17, 15) is 9.59 Å². The summed E-state index contributed by atoms with van der Waals surface area (Å²) in [4.78, 5) is 29.4. The van der Waals surface area contributed by atoms with Crippen LogP contribution >= 0.6 is 11.3 Å². The highest BCUT2D eigenvalue weighted by Gasteiger charge is 2.19. The Labute approximate surface area is 179 Å². The van der Waals surface area contributed by atoms with Gasteiger partial charge in [0.1, 0.15) is 16.8 Å². The van der Waals surface area contributed by atoms with E-state index in [0.29, 0.717) is 34.9 Å². The third-order valence-electron chi connectivity index (χ3n) is 4.12. The van der Waals surface area contributed by atoms with E-state index in [1.54, 1.807) is 20.8 Å². The number of ether oxygens (including phenoxy) is 3. The van der Waals surface area contributed by atoms with E-state index in [4.69, 9.17) is 14.2 Å². The number of rotatable bonds is 7. The Hall–Kier alpha value is -2.87. The zero-order valence-corrected chi connectivity index (χ0v) is 18.7. The lowest BCUT2D eigenvalue weighted by atomic mass is 10.1. The van der Waals surface area contributed by atoms with Crippen molar-refractivity contribution in [3.8, 4) is 22.6 Å². The van der Waals surface area contributed by atoms with E-state index in [2.05, 4.69) is 4.98 Å². The Morgan fingerprint density at radius 2 is 1.83 bits per heavy atom. The highest BCUT2D eigenvalue weighted by Crippen LogP contribution is 2.36. The molecule has 0 radical (unpaired) electrons. The molecule has 8 heteroatoms. The molecule has 0 amide bonds. The minimum absolute atomic E-state index is 0.177. The molecule has 0 fully saturated rings. The van der Waals surface area contributed by atoms with Crippen molar-refractivity contribution in [2.24, 2.45) is 0 Å². The molecule has 0 bridgehead atoms. The molecule has 0 unspecified atom stereocenters. The maximum Gasteiger partial charge on any atom is 0.326 e.